The number of pyridine rings is 1. The van der Waals surface area contributed by atoms with Crippen molar-refractivity contribution in [3.05, 3.63) is 54.4 Å². The van der Waals surface area contributed by atoms with Crippen LogP contribution in [0.2, 0.25) is 0 Å². The topological polar surface area (TPSA) is 71.1 Å². The van der Waals surface area contributed by atoms with Crippen molar-refractivity contribution in [1.29, 1.82) is 0 Å². The summed E-state index contributed by atoms with van der Waals surface area (Å²) in [5, 5.41) is 6.85. The van der Waals surface area contributed by atoms with Crippen LogP contribution in [-0.4, -0.2) is 24.8 Å². The van der Waals surface area contributed by atoms with Crippen LogP contribution in [0.15, 0.2) is 53.7 Å². The lowest BCUT2D eigenvalue weighted by Crippen LogP contribution is -2.32. The van der Waals surface area contributed by atoms with Crippen molar-refractivity contribution in [1.82, 2.24) is 10.3 Å². The molecule has 1 atom stereocenters. The number of sulfone groups is 1. The second-order valence-corrected chi connectivity index (χ2v) is 7.56. The van der Waals surface area contributed by atoms with Gasteiger partial charge in [0, 0.05) is 24.3 Å². The standard InChI is InChI=1S/C16H19N3O2S2/c1-3-15(12-4-6-14(7-5-12)23(2,20)21)19-16(22)18-13-8-10-17-11-9-13/h4-11,15H,3H2,1-2H3,(H2,17,18,19,22). The summed E-state index contributed by atoms with van der Waals surface area (Å²) in [5.74, 6) is 0. The van der Waals surface area contributed by atoms with Gasteiger partial charge in [-0.05, 0) is 48.5 Å². The number of nitrogens with zero attached hydrogens (tertiary/aromatic N) is 1. The van der Waals surface area contributed by atoms with E-state index >= 15 is 0 Å². The predicted molar refractivity (Wildman–Crippen MR) is 96.2 cm³/mol. The van der Waals surface area contributed by atoms with Crippen molar-refractivity contribution in [3.63, 3.8) is 0 Å². The third-order valence-electron chi connectivity index (χ3n) is 3.36. The van der Waals surface area contributed by atoms with E-state index in [2.05, 4.69) is 15.6 Å². The largest absolute Gasteiger partial charge is 0.356 e. The Morgan fingerprint density at radius 2 is 1.78 bits per heavy atom. The molecular weight excluding hydrogens is 330 g/mol. The molecule has 122 valence electrons. The summed E-state index contributed by atoms with van der Waals surface area (Å²) in [7, 11) is -3.18. The van der Waals surface area contributed by atoms with Gasteiger partial charge in [-0.3, -0.25) is 4.98 Å². The number of benzene rings is 1. The highest BCUT2D eigenvalue weighted by atomic mass is 32.2. The van der Waals surface area contributed by atoms with Gasteiger partial charge in [0.25, 0.3) is 0 Å². The lowest BCUT2D eigenvalue weighted by Gasteiger charge is -2.20. The first-order valence-electron chi connectivity index (χ1n) is 7.17. The zero-order valence-electron chi connectivity index (χ0n) is 13.0. The molecule has 23 heavy (non-hydrogen) atoms. The van der Waals surface area contributed by atoms with E-state index in [0.717, 1.165) is 17.7 Å². The Morgan fingerprint density at radius 3 is 2.30 bits per heavy atom. The average Bonchev–Trinajstić information content (AvgIpc) is 2.53. The molecular formula is C16H19N3O2S2. The average molecular weight is 349 g/mol. The highest BCUT2D eigenvalue weighted by molar-refractivity contribution is 7.90. The molecule has 1 unspecified atom stereocenters. The van der Waals surface area contributed by atoms with E-state index in [0.29, 0.717) is 10.0 Å². The van der Waals surface area contributed by atoms with Crippen LogP contribution in [0.3, 0.4) is 0 Å². The van der Waals surface area contributed by atoms with Gasteiger partial charge in [-0.2, -0.15) is 0 Å². The van der Waals surface area contributed by atoms with Crippen molar-refractivity contribution in [2.75, 3.05) is 11.6 Å². The molecule has 0 radical (unpaired) electrons. The van der Waals surface area contributed by atoms with E-state index in [4.69, 9.17) is 12.2 Å². The number of nitrogens with one attached hydrogen (secondary N) is 2. The van der Waals surface area contributed by atoms with Crippen LogP contribution < -0.4 is 10.6 Å². The minimum absolute atomic E-state index is 0.00504. The summed E-state index contributed by atoms with van der Waals surface area (Å²) >= 11 is 5.33. The van der Waals surface area contributed by atoms with Crippen molar-refractivity contribution in [2.24, 2.45) is 0 Å². The zero-order chi connectivity index (χ0) is 16.9. The predicted octanol–water partition coefficient (Wildman–Crippen LogP) is 2.92. The van der Waals surface area contributed by atoms with Gasteiger partial charge in [-0.1, -0.05) is 19.1 Å². The number of rotatable bonds is 5. The Hall–Kier alpha value is -1.99. The molecule has 0 saturated carbocycles. The molecule has 2 rings (SSSR count). The summed E-state index contributed by atoms with van der Waals surface area (Å²) in [4.78, 5) is 4.27. The first-order valence-corrected chi connectivity index (χ1v) is 9.47. The SMILES string of the molecule is CCC(NC(=S)Nc1ccncc1)c1ccc(S(C)(=O)=O)cc1. The van der Waals surface area contributed by atoms with Gasteiger partial charge < -0.3 is 10.6 Å². The highest BCUT2D eigenvalue weighted by Crippen LogP contribution is 2.19. The van der Waals surface area contributed by atoms with Crippen LogP contribution in [-0.2, 0) is 9.84 Å². The number of aromatic nitrogens is 1. The van der Waals surface area contributed by atoms with Gasteiger partial charge >= 0.3 is 0 Å². The van der Waals surface area contributed by atoms with Gasteiger partial charge in [0.05, 0.1) is 10.9 Å². The first-order chi connectivity index (χ1) is 10.9. The van der Waals surface area contributed by atoms with Crippen molar-refractivity contribution in [2.45, 2.75) is 24.3 Å². The van der Waals surface area contributed by atoms with E-state index in [1.807, 2.05) is 31.2 Å². The molecule has 5 nitrogen and oxygen atoms in total. The molecule has 0 bridgehead atoms. The Kier molecular flexibility index (Phi) is 5.68. The molecule has 1 aromatic carbocycles. The lowest BCUT2D eigenvalue weighted by molar-refractivity contribution is 0.601. The quantitative estimate of drug-likeness (QED) is 0.809. The maximum atomic E-state index is 11.5. The number of hydrogen-bond donors (Lipinski definition) is 2. The fourth-order valence-electron chi connectivity index (χ4n) is 2.13. The summed E-state index contributed by atoms with van der Waals surface area (Å²) in [6, 6.07) is 10.5. The minimum atomic E-state index is -3.18. The molecule has 0 aliphatic rings. The molecule has 0 saturated heterocycles. The molecule has 0 amide bonds. The van der Waals surface area contributed by atoms with E-state index in [-0.39, 0.29) is 6.04 Å². The van der Waals surface area contributed by atoms with Crippen molar-refractivity contribution >= 4 is 32.9 Å². The number of thiocarbonyl (C=S) groups is 1. The first kappa shape index (κ1) is 17.4. The monoisotopic (exact) mass is 349 g/mol. The van der Waals surface area contributed by atoms with Crippen LogP contribution >= 0.6 is 12.2 Å². The van der Waals surface area contributed by atoms with E-state index in [1.54, 1.807) is 24.5 Å². The van der Waals surface area contributed by atoms with E-state index in [1.165, 1.54) is 6.26 Å². The molecule has 0 spiro atoms. The Balaban J connectivity index is 2.06. The third kappa shape index (κ3) is 5.01. The van der Waals surface area contributed by atoms with E-state index < -0.39 is 9.84 Å². The van der Waals surface area contributed by atoms with Gasteiger partial charge in [-0.25, -0.2) is 8.42 Å². The Morgan fingerprint density at radius 1 is 1.17 bits per heavy atom. The van der Waals surface area contributed by atoms with Gasteiger partial charge in [0.15, 0.2) is 14.9 Å². The highest BCUT2D eigenvalue weighted by Gasteiger charge is 2.13. The smallest absolute Gasteiger partial charge is 0.175 e. The number of hydrogen-bond acceptors (Lipinski definition) is 4. The van der Waals surface area contributed by atoms with E-state index in [9.17, 15) is 8.42 Å². The normalized spacial score (nSPS) is 12.4. The van der Waals surface area contributed by atoms with Gasteiger partial charge in [0.1, 0.15) is 0 Å². The molecule has 1 aromatic heterocycles. The molecule has 0 fully saturated rings. The lowest BCUT2D eigenvalue weighted by atomic mass is 10.1. The summed E-state index contributed by atoms with van der Waals surface area (Å²) in [6.45, 7) is 2.04. The number of anilines is 1. The molecule has 1 heterocycles. The fourth-order valence-corrected chi connectivity index (χ4v) is 3.02. The molecule has 2 aromatic rings. The zero-order valence-corrected chi connectivity index (χ0v) is 14.6. The van der Waals surface area contributed by atoms with Crippen molar-refractivity contribution < 1.29 is 8.42 Å². The molecule has 0 aliphatic carbocycles. The molecule has 2 N–H and O–H groups in total. The van der Waals surface area contributed by atoms with Crippen LogP contribution in [0.1, 0.15) is 24.9 Å². The Labute approximate surface area is 142 Å². The third-order valence-corrected chi connectivity index (χ3v) is 4.71. The molecule has 0 aliphatic heterocycles. The summed E-state index contributed by atoms with van der Waals surface area (Å²) < 4.78 is 23.0. The van der Waals surface area contributed by atoms with Crippen molar-refractivity contribution in [3.8, 4) is 0 Å². The summed E-state index contributed by atoms with van der Waals surface area (Å²) in [6.07, 6.45) is 5.39. The fraction of sp³-hybridized carbons (Fsp3) is 0.250. The Bertz CT molecular complexity index is 760. The minimum Gasteiger partial charge on any atom is -0.356 e. The second-order valence-electron chi connectivity index (χ2n) is 5.14. The van der Waals surface area contributed by atoms with Gasteiger partial charge in [0.2, 0.25) is 0 Å². The molecule has 7 heteroatoms. The summed E-state index contributed by atoms with van der Waals surface area (Å²) in [5.41, 5.74) is 1.85. The maximum Gasteiger partial charge on any atom is 0.175 e. The van der Waals surface area contributed by atoms with Crippen LogP contribution in [0, 0.1) is 0 Å². The van der Waals surface area contributed by atoms with Gasteiger partial charge in [-0.15, -0.1) is 0 Å². The maximum absolute atomic E-state index is 11.5. The second kappa shape index (κ2) is 7.52. The van der Waals surface area contributed by atoms with Crippen LogP contribution in [0.4, 0.5) is 5.69 Å². The van der Waals surface area contributed by atoms with Crippen LogP contribution in [0.5, 0.6) is 0 Å². The van der Waals surface area contributed by atoms with Crippen LogP contribution in [0.25, 0.3) is 0 Å².